The molecule has 1 aromatic rings. The highest BCUT2D eigenvalue weighted by molar-refractivity contribution is 5.86. The first-order valence-electron chi connectivity index (χ1n) is 9.99. The van der Waals surface area contributed by atoms with E-state index in [9.17, 15) is 9.59 Å². The Labute approximate surface area is 177 Å². The molecule has 8 nitrogen and oxygen atoms in total. The second kappa shape index (κ2) is 10.9. The molecule has 0 aromatic heterocycles. The van der Waals surface area contributed by atoms with E-state index >= 15 is 0 Å². The van der Waals surface area contributed by atoms with Crippen LogP contribution < -0.4 is 9.47 Å². The zero-order valence-electron chi connectivity index (χ0n) is 18.1. The van der Waals surface area contributed by atoms with Crippen molar-refractivity contribution in [1.82, 2.24) is 4.90 Å². The van der Waals surface area contributed by atoms with Crippen LogP contribution in [0.4, 0.5) is 4.79 Å². The largest absolute Gasteiger partial charge is 0.491 e. The summed E-state index contributed by atoms with van der Waals surface area (Å²) >= 11 is 0. The number of nitrogens with zero attached hydrogens (tertiary/aromatic N) is 1. The fourth-order valence-electron chi connectivity index (χ4n) is 2.91. The Morgan fingerprint density at radius 1 is 1.20 bits per heavy atom. The summed E-state index contributed by atoms with van der Waals surface area (Å²) < 4.78 is 22.2. The summed E-state index contributed by atoms with van der Waals surface area (Å²) in [4.78, 5) is 24.8. The smallest absolute Gasteiger partial charge is 0.410 e. The lowest BCUT2D eigenvalue weighted by Gasteiger charge is -2.33. The first-order chi connectivity index (χ1) is 14.2. The van der Waals surface area contributed by atoms with Gasteiger partial charge in [-0.05, 0) is 39.0 Å². The lowest BCUT2D eigenvalue weighted by Crippen LogP contribution is -2.44. The van der Waals surface area contributed by atoms with Crippen LogP contribution in [0, 0.1) is 0 Å². The third-order valence-corrected chi connectivity index (χ3v) is 4.33. The van der Waals surface area contributed by atoms with E-state index in [0.29, 0.717) is 56.2 Å². The van der Waals surface area contributed by atoms with Gasteiger partial charge in [-0.3, -0.25) is 0 Å². The number of likely N-dealkylation sites (tertiary alicyclic amines) is 1. The zero-order chi connectivity index (χ0) is 22.1. The number of carbonyl (C=O) groups excluding carboxylic acids is 1. The van der Waals surface area contributed by atoms with E-state index in [-0.39, 0.29) is 12.2 Å². The molecular weight excluding hydrogens is 390 g/mol. The number of benzene rings is 1. The van der Waals surface area contributed by atoms with Crippen LogP contribution >= 0.6 is 0 Å². The summed E-state index contributed by atoms with van der Waals surface area (Å²) in [7, 11) is 1.60. The molecule has 1 heterocycles. The van der Waals surface area contributed by atoms with Gasteiger partial charge in [0.15, 0.2) is 0 Å². The normalized spacial score (nSPS) is 15.3. The summed E-state index contributed by atoms with van der Waals surface area (Å²) in [5, 5.41) is 8.93. The third kappa shape index (κ3) is 7.94. The molecule has 1 N–H and O–H groups in total. The Balaban J connectivity index is 2.03. The van der Waals surface area contributed by atoms with Gasteiger partial charge >= 0.3 is 12.1 Å². The number of hydrogen-bond donors (Lipinski definition) is 1. The van der Waals surface area contributed by atoms with Crippen molar-refractivity contribution in [3.8, 4) is 11.5 Å². The number of piperidine rings is 1. The fraction of sp³-hybridized carbons (Fsp3) is 0.545. The van der Waals surface area contributed by atoms with Crippen molar-refractivity contribution >= 4 is 18.1 Å². The maximum absolute atomic E-state index is 12.2. The van der Waals surface area contributed by atoms with Gasteiger partial charge in [0.1, 0.15) is 29.8 Å². The lowest BCUT2D eigenvalue weighted by molar-refractivity contribution is -0.131. The van der Waals surface area contributed by atoms with Gasteiger partial charge in [-0.1, -0.05) is 0 Å². The molecule has 1 saturated heterocycles. The average molecular weight is 421 g/mol. The number of carboxylic acid groups (broad SMARTS) is 1. The van der Waals surface area contributed by atoms with E-state index in [1.165, 1.54) is 6.08 Å². The van der Waals surface area contributed by atoms with Crippen LogP contribution in [0.1, 0.15) is 39.2 Å². The van der Waals surface area contributed by atoms with Crippen LogP contribution in [-0.4, -0.2) is 67.2 Å². The van der Waals surface area contributed by atoms with Crippen molar-refractivity contribution in [3.63, 3.8) is 0 Å². The molecule has 0 unspecified atom stereocenters. The highest BCUT2D eigenvalue weighted by atomic mass is 16.6. The summed E-state index contributed by atoms with van der Waals surface area (Å²) in [6, 6.07) is 5.26. The molecule has 1 aliphatic rings. The molecule has 0 aliphatic carbocycles. The van der Waals surface area contributed by atoms with Crippen LogP contribution in [-0.2, 0) is 14.3 Å². The third-order valence-electron chi connectivity index (χ3n) is 4.33. The van der Waals surface area contributed by atoms with Crippen LogP contribution in [0.3, 0.4) is 0 Å². The molecule has 0 saturated carbocycles. The standard InChI is InChI=1S/C22H31NO7/c1-22(2,3)30-21(26)23-11-9-17(10-12-23)29-19-15-18(28-14-13-27-4)7-5-16(19)6-8-20(24)25/h5-8,15,17H,9-14H2,1-4H3,(H,24,25). The van der Waals surface area contributed by atoms with Crippen molar-refractivity contribution in [1.29, 1.82) is 0 Å². The van der Waals surface area contributed by atoms with Crippen LogP contribution in [0.2, 0.25) is 0 Å². The molecule has 1 aliphatic heterocycles. The van der Waals surface area contributed by atoms with Crippen LogP contribution in [0.25, 0.3) is 6.08 Å². The molecule has 30 heavy (non-hydrogen) atoms. The quantitative estimate of drug-likeness (QED) is 0.506. The number of ether oxygens (including phenoxy) is 4. The van der Waals surface area contributed by atoms with Gasteiger partial charge in [0.25, 0.3) is 0 Å². The number of rotatable bonds is 8. The van der Waals surface area contributed by atoms with Gasteiger partial charge < -0.3 is 29.0 Å². The first kappa shape index (κ1) is 23.5. The number of carbonyl (C=O) groups is 2. The molecule has 1 aromatic carbocycles. The predicted octanol–water partition coefficient (Wildman–Crippen LogP) is 3.59. The average Bonchev–Trinajstić information content (AvgIpc) is 2.66. The molecular formula is C22H31NO7. The van der Waals surface area contributed by atoms with Crippen molar-refractivity contribution in [2.45, 2.75) is 45.3 Å². The highest BCUT2D eigenvalue weighted by Crippen LogP contribution is 2.29. The monoisotopic (exact) mass is 421 g/mol. The van der Waals surface area contributed by atoms with Crippen molar-refractivity contribution < 1.29 is 33.6 Å². The summed E-state index contributed by atoms with van der Waals surface area (Å²) in [6.07, 6.45) is 3.44. The van der Waals surface area contributed by atoms with Crippen LogP contribution in [0.5, 0.6) is 11.5 Å². The maximum atomic E-state index is 12.2. The molecule has 0 bridgehead atoms. The van der Waals surface area contributed by atoms with E-state index in [1.54, 1.807) is 30.2 Å². The lowest BCUT2D eigenvalue weighted by atomic mass is 10.1. The minimum Gasteiger partial charge on any atom is -0.491 e. The van der Waals surface area contributed by atoms with E-state index < -0.39 is 11.6 Å². The minimum atomic E-state index is -1.04. The SMILES string of the molecule is COCCOc1ccc(C=CC(=O)O)c(OC2CCN(C(=O)OC(C)(C)C)CC2)c1. The Kier molecular flexibility index (Phi) is 8.53. The predicted molar refractivity (Wildman–Crippen MR) is 112 cm³/mol. The van der Waals surface area contributed by atoms with E-state index in [1.807, 2.05) is 20.8 Å². The number of aliphatic carboxylic acids is 1. The summed E-state index contributed by atoms with van der Waals surface area (Å²) in [5.74, 6) is 0.117. The van der Waals surface area contributed by atoms with Gasteiger partial charge in [0, 0.05) is 50.7 Å². The first-order valence-corrected chi connectivity index (χ1v) is 9.99. The molecule has 8 heteroatoms. The van der Waals surface area contributed by atoms with E-state index in [0.717, 1.165) is 6.08 Å². The van der Waals surface area contributed by atoms with Crippen molar-refractivity contribution in [2.24, 2.45) is 0 Å². The minimum absolute atomic E-state index is 0.102. The van der Waals surface area contributed by atoms with Gasteiger partial charge in [-0.2, -0.15) is 0 Å². The molecule has 166 valence electrons. The number of carboxylic acids is 1. The Hall–Kier alpha value is -2.74. The molecule has 0 radical (unpaired) electrons. The summed E-state index contributed by atoms with van der Waals surface area (Å²) in [5.41, 5.74) is 0.116. The van der Waals surface area contributed by atoms with Crippen molar-refractivity contribution in [3.05, 3.63) is 29.8 Å². The molecule has 1 fully saturated rings. The molecule has 1 amide bonds. The van der Waals surface area contributed by atoms with E-state index in [4.69, 9.17) is 24.1 Å². The zero-order valence-corrected chi connectivity index (χ0v) is 18.1. The van der Waals surface area contributed by atoms with Gasteiger partial charge in [0.05, 0.1) is 6.61 Å². The maximum Gasteiger partial charge on any atom is 0.410 e. The molecule has 0 atom stereocenters. The number of methoxy groups -OCH3 is 1. The van der Waals surface area contributed by atoms with E-state index in [2.05, 4.69) is 0 Å². The topological polar surface area (TPSA) is 94.5 Å². The fourth-order valence-corrected chi connectivity index (χ4v) is 2.91. The second-order valence-corrected chi connectivity index (χ2v) is 8.00. The van der Waals surface area contributed by atoms with Gasteiger partial charge in [-0.15, -0.1) is 0 Å². The molecule has 0 spiro atoms. The second-order valence-electron chi connectivity index (χ2n) is 8.00. The highest BCUT2D eigenvalue weighted by Gasteiger charge is 2.28. The number of hydrogen-bond acceptors (Lipinski definition) is 6. The van der Waals surface area contributed by atoms with Crippen LogP contribution in [0.15, 0.2) is 24.3 Å². The van der Waals surface area contributed by atoms with Gasteiger partial charge in [0.2, 0.25) is 0 Å². The Morgan fingerprint density at radius 2 is 1.90 bits per heavy atom. The van der Waals surface area contributed by atoms with Gasteiger partial charge in [-0.25, -0.2) is 9.59 Å². The Bertz CT molecular complexity index is 746. The Morgan fingerprint density at radius 3 is 2.50 bits per heavy atom. The van der Waals surface area contributed by atoms with Crippen molar-refractivity contribution in [2.75, 3.05) is 33.4 Å². The summed E-state index contributed by atoms with van der Waals surface area (Å²) in [6.45, 7) is 7.44. The molecule has 2 rings (SSSR count). The number of amides is 1.